The highest BCUT2D eigenvalue weighted by molar-refractivity contribution is 9.10. The lowest BCUT2D eigenvalue weighted by atomic mass is 10.1. The second-order valence-corrected chi connectivity index (χ2v) is 6.83. The maximum atomic E-state index is 12.1. The number of methoxy groups -OCH3 is 1. The normalized spacial score (nSPS) is 10.3. The molecule has 104 valence electrons. The van der Waals surface area contributed by atoms with Crippen LogP contribution in [0.5, 0.6) is 5.75 Å². The summed E-state index contributed by atoms with van der Waals surface area (Å²) in [6, 6.07) is 13.3. The Morgan fingerprint density at radius 2 is 1.85 bits per heavy atom. The second-order valence-electron chi connectivity index (χ2n) is 4.02. The zero-order valence-corrected chi connectivity index (χ0v) is 14.7. The first-order valence-corrected chi connectivity index (χ1v) is 8.42. The number of hydrogen-bond donors (Lipinski definition) is 0. The molecule has 2 aromatic rings. The quantitative estimate of drug-likeness (QED) is 0.496. The van der Waals surface area contributed by atoms with Gasteiger partial charge in [-0.1, -0.05) is 15.9 Å². The standard InChI is InChI=1S/C15H12Br2O2S/c1-19-15-7-2-10(8-13(15)17)14(18)9-20-12-5-3-11(16)4-6-12/h2-8H,9H2,1H3. The van der Waals surface area contributed by atoms with Crippen LogP contribution < -0.4 is 4.74 Å². The third kappa shape index (κ3) is 4.11. The molecule has 0 fully saturated rings. The van der Waals surface area contributed by atoms with E-state index in [0.29, 0.717) is 11.3 Å². The molecule has 2 aromatic carbocycles. The van der Waals surface area contributed by atoms with Gasteiger partial charge in [-0.15, -0.1) is 11.8 Å². The number of rotatable bonds is 5. The van der Waals surface area contributed by atoms with Crippen LogP contribution in [0.4, 0.5) is 0 Å². The Bertz CT molecular complexity index is 612. The van der Waals surface area contributed by atoms with Gasteiger partial charge in [0.2, 0.25) is 0 Å². The fourth-order valence-corrected chi connectivity index (χ4v) is 3.20. The lowest BCUT2D eigenvalue weighted by molar-refractivity contribution is 0.102. The van der Waals surface area contributed by atoms with Crippen molar-refractivity contribution in [3.8, 4) is 5.75 Å². The minimum atomic E-state index is 0.0984. The van der Waals surface area contributed by atoms with E-state index in [1.54, 1.807) is 25.3 Å². The summed E-state index contributed by atoms with van der Waals surface area (Å²) in [6.45, 7) is 0. The largest absolute Gasteiger partial charge is 0.496 e. The van der Waals surface area contributed by atoms with Crippen LogP contribution in [0.3, 0.4) is 0 Å². The number of ketones is 1. The average molecular weight is 416 g/mol. The molecule has 0 spiro atoms. The van der Waals surface area contributed by atoms with Crippen molar-refractivity contribution in [2.45, 2.75) is 4.90 Å². The lowest BCUT2D eigenvalue weighted by Gasteiger charge is -2.06. The van der Waals surface area contributed by atoms with E-state index in [4.69, 9.17) is 4.74 Å². The predicted octanol–water partition coefficient (Wildman–Crippen LogP) is 5.20. The SMILES string of the molecule is COc1ccc(C(=O)CSc2ccc(Br)cc2)cc1Br. The van der Waals surface area contributed by atoms with Crippen LogP contribution in [-0.2, 0) is 0 Å². The summed E-state index contributed by atoms with van der Waals surface area (Å²) in [4.78, 5) is 13.2. The van der Waals surface area contributed by atoms with Crippen LogP contribution in [0.25, 0.3) is 0 Å². The third-order valence-corrected chi connectivity index (χ3v) is 4.82. The Hall–Kier alpha value is -0.780. The van der Waals surface area contributed by atoms with Gasteiger partial charge in [-0.3, -0.25) is 4.79 Å². The van der Waals surface area contributed by atoms with Crippen molar-refractivity contribution in [3.63, 3.8) is 0 Å². The van der Waals surface area contributed by atoms with E-state index < -0.39 is 0 Å². The van der Waals surface area contributed by atoms with Gasteiger partial charge in [0.05, 0.1) is 17.3 Å². The lowest BCUT2D eigenvalue weighted by Crippen LogP contribution is -2.02. The number of Topliss-reactive ketones (excluding diaryl/α,β-unsaturated/α-hetero) is 1. The van der Waals surface area contributed by atoms with Crippen molar-refractivity contribution in [2.24, 2.45) is 0 Å². The molecular formula is C15H12Br2O2S. The number of carbonyl (C=O) groups excluding carboxylic acids is 1. The molecule has 0 saturated heterocycles. The van der Waals surface area contributed by atoms with Crippen LogP contribution >= 0.6 is 43.6 Å². The molecule has 20 heavy (non-hydrogen) atoms. The molecule has 0 aromatic heterocycles. The van der Waals surface area contributed by atoms with E-state index in [9.17, 15) is 4.79 Å². The minimum Gasteiger partial charge on any atom is -0.496 e. The Morgan fingerprint density at radius 1 is 1.15 bits per heavy atom. The highest BCUT2D eigenvalue weighted by Crippen LogP contribution is 2.27. The van der Waals surface area contributed by atoms with Crippen LogP contribution in [0.15, 0.2) is 56.3 Å². The molecule has 2 rings (SSSR count). The first-order chi connectivity index (χ1) is 9.60. The molecule has 0 unspecified atom stereocenters. The summed E-state index contributed by atoms with van der Waals surface area (Å²) in [5, 5.41) is 0. The van der Waals surface area contributed by atoms with Crippen LogP contribution in [0.2, 0.25) is 0 Å². The van der Waals surface area contributed by atoms with Gasteiger partial charge >= 0.3 is 0 Å². The predicted molar refractivity (Wildman–Crippen MR) is 89.9 cm³/mol. The van der Waals surface area contributed by atoms with Crippen molar-refractivity contribution in [3.05, 3.63) is 57.0 Å². The minimum absolute atomic E-state index is 0.0984. The van der Waals surface area contributed by atoms with Gasteiger partial charge in [0.25, 0.3) is 0 Å². The van der Waals surface area contributed by atoms with Crippen LogP contribution in [0.1, 0.15) is 10.4 Å². The maximum Gasteiger partial charge on any atom is 0.173 e. The Labute approximate surface area is 139 Å². The number of thioether (sulfide) groups is 1. The van der Waals surface area contributed by atoms with Gasteiger partial charge in [0.1, 0.15) is 5.75 Å². The molecule has 0 heterocycles. The molecule has 0 amide bonds. The molecule has 0 aliphatic carbocycles. The summed E-state index contributed by atoms with van der Waals surface area (Å²) in [7, 11) is 1.60. The molecule has 5 heteroatoms. The smallest absolute Gasteiger partial charge is 0.173 e. The fourth-order valence-electron chi connectivity index (χ4n) is 1.60. The van der Waals surface area contributed by atoms with E-state index in [1.165, 1.54) is 11.8 Å². The van der Waals surface area contributed by atoms with Gasteiger partial charge in [0, 0.05) is 14.9 Å². The Balaban J connectivity index is 2.01. The average Bonchev–Trinajstić information content (AvgIpc) is 2.46. The van der Waals surface area contributed by atoms with Crippen molar-refractivity contribution in [1.29, 1.82) is 0 Å². The molecule has 0 aliphatic heterocycles. The number of carbonyl (C=O) groups is 1. The van der Waals surface area contributed by atoms with Crippen molar-refractivity contribution in [1.82, 2.24) is 0 Å². The summed E-state index contributed by atoms with van der Waals surface area (Å²) in [5.41, 5.74) is 0.683. The van der Waals surface area contributed by atoms with Crippen molar-refractivity contribution >= 4 is 49.4 Å². The van der Waals surface area contributed by atoms with Crippen molar-refractivity contribution < 1.29 is 9.53 Å². The van der Waals surface area contributed by atoms with Gasteiger partial charge in [-0.25, -0.2) is 0 Å². The first kappa shape index (κ1) is 15.6. The third-order valence-electron chi connectivity index (χ3n) is 2.66. The van der Waals surface area contributed by atoms with Gasteiger partial charge < -0.3 is 4.74 Å². The topological polar surface area (TPSA) is 26.3 Å². The molecule has 2 nitrogen and oxygen atoms in total. The molecule has 0 N–H and O–H groups in total. The maximum absolute atomic E-state index is 12.1. The van der Waals surface area contributed by atoms with Gasteiger partial charge in [-0.2, -0.15) is 0 Å². The zero-order valence-electron chi connectivity index (χ0n) is 10.7. The van der Waals surface area contributed by atoms with Crippen LogP contribution in [-0.4, -0.2) is 18.6 Å². The number of halogens is 2. The van der Waals surface area contributed by atoms with Gasteiger partial charge in [0.15, 0.2) is 5.78 Å². The number of ether oxygens (including phenoxy) is 1. The summed E-state index contributed by atoms with van der Waals surface area (Å²) >= 11 is 8.31. The highest BCUT2D eigenvalue weighted by atomic mass is 79.9. The summed E-state index contributed by atoms with van der Waals surface area (Å²) < 4.78 is 6.98. The van der Waals surface area contributed by atoms with E-state index in [2.05, 4.69) is 31.9 Å². The molecule has 0 bridgehead atoms. The molecule has 0 saturated carbocycles. The fraction of sp³-hybridized carbons (Fsp3) is 0.133. The molecule has 0 radical (unpaired) electrons. The van der Waals surface area contributed by atoms with E-state index in [-0.39, 0.29) is 5.78 Å². The van der Waals surface area contributed by atoms with E-state index >= 15 is 0 Å². The Morgan fingerprint density at radius 3 is 2.45 bits per heavy atom. The number of hydrogen-bond acceptors (Lipinski definition) is 3. The first-order valence-electron chi connectivity index (χ1n) is 5.85. The molecule has 0 atom stereocenters. The highest BCUT2D eigenvalue weighted by Gasteiger charge is 2.09. The zero-order chi connectivity index (χ0) is 14.5. The van der Waals surface area contributed by atoms with E-state index in [0.717, 1.165) is 19.6 Å². The summed E-state index contributed by atoms with van der Waals surface area (Å²) in [5.74, 6) is 1.24. The van der Waals surface area contributed by atoms with Crippen LogP contribution in [0, 0.1) is 0 Å². The molecular weight excluding hydrogens is 404 g/mol. The second kappa shape index (κ2) is 7.29. The monoisotopic (exact) mass is 414 g/mol. The molecule has 0 aliphatic rings. The van der Waals surface area contributed by atoms with Crippen molar-refractivity contribution in [2.75, 3.05) is 12.9 Å². The summed E-state index contributed by atoms with van der Waals surface area (Å²) in [6.07, 6.45) is 0. The van der Waals surface area contributed by atoms with E-state index in [1.807, 2.05) is 24.3 Å². The number of benzene rings is 2. The Kier molecular flexibility index (Phi) is 5.69. The van der Waals surface area contributed by atoms with Gasteiger partial charge in [-0.05, 0) is 58.4 Å².